The topological polar surface area (TPSA) is 55.0 Å². The van der Waals surface area contributed by atoms with E-state index in [4.69, 9.17) is 5.73 Å². The van der Waals surface area contributed by atoms with Gasteiger partial charge in [-0.25, -0.2) is 0 Å². The van der Waals surface area contributed by atoms with Crippen LogP contribution in [0.25, 0.3) is 11.3 Å². The molecular formula is C16H20N4. The van der Waals surface area contributed by atoms with Gasteiger partial charge in [0.2, 0.25) is 0 Å². The highest BCUT2D eigenvalue weighted by Gasteiger charge is 2.20. The summed E-state index contributed by atoms with van der Waals surface area (Å²) in [5.41, 5.74) is 9.29. The van der Waals surface area contributed by atoms with Gasteiger partial charge in [-0.2, -0.15) is 0 Å². The number of hydrogen-bond donors (Lipinski definition) is 1. The van der Waals surface area contributed by atoms with E-state index in [-0.39, 0.29) is 6.04 Å². The van der Waals surface area contributed by atoms with E-state index in [0.29, 0.717) is 0 Å². The molecule has 20 heavy (non-hydrogen) atoms. The standard InChI is InChI=1S/C16H20N4/c1-2-12-3-5-13(6-4-12)15-7-8-16(19-18-15)20-10-9-14(17)11-20/h3-8,14H,2,9-11,17H2,1H3. The first-order valence-corrected chi connectivity index (χ1v) is 7.20. The van der Waals surface area contributed by atoms with Gasteiger partial charge in [-0.1, -0.05) is 31.2 Å². The molecular weight excluding hydrogens is 248 g/mol. The SMILES string of the molecule is CCc1ccc(-c2ccc(N3CCC(N)C3)nn2)cc1. The first kappa shape index (κ1) is 13.1. The number of rotatable bonds is 3. The number of nitrogens with two attached hydrogens (primary N) is 1. The highest BCUT2D eigenvalue weighted by atomic mass is 15.3. The Morgan fingerprint density at radius 1 is 1.15 bits per heavy atom. The van der Waals surface area contributed by atoms with Gasteiger partial charge < -0.3 is 10.6 Å². The van der Waals surface area contributed by atoms with Crippen LogP contribution in [0.3, 0.4) is 0 Å². The highest BCUT2D eigenvalue weighted by molar-refractivity contribution is 5.60. The second-order valence-corrected chi connectivity index (χ2v) is 5.32. The molecule has 2 heterocycles. The van der Waals surface area contributed by atoms with Gasteiger partial charge >= 0.3 is 0 Å². The molecule has 2 aromatic rings. The zero-order valence-electron chi connectivity index (χ0n) is 11.8. The Balaban J connectivity index is 1.78. The van der Waals surface area contributed by atoms with Crippen molar-refractivity contribution in [1.29, 1.82) is 0 Å². The summed E-state index contributed by atoms with van der Waals surface area (Å²) in [7, 11) is 0. The lowest BCUT2D eigenvalue weighted by atomic mass is 10.1. The maximum absolute atomic E-state index is 5.92. The average Bonchev–Trinajstić information content (AvgIpc) is 2.94. The van der Waals surface area contributed by atoms with Crippen molar-refractivity contribution < 1.29 is 0 Å². The van der Waals surface area contributed by atoms with Crippen LogP contribution in [0.4, 0.5) is 5.82 Å². The van der Waals surface area contributed by atoms with E-state index in [1.807, 2.05) is 12.1 Å². The Kier molecular flexibility index (Phi) is 3.65. The smallest absolute Gasteiger partial charge is 0.151 e. The van der Waals surface area contributed by atoms with E-state index in [1.165, 1.54) is 5.56 Å². The molecule has 0 aliphatic carbocycles. The third-order valence-electron chi connectivity index (χ3n) is 3.86. The third kappa shape index (κ3) is 2.65. The van der Waals surface area contributed by atoms with E-state index in [1.54, 1.807) is 0 Å². The third-order valence-corrected chi connectivity index (χ3v) is 3.86. The largest absolute Gasteiger partial charge is 0.354 e. The van der Waals surface area contributed by atoms with Crippen molar-refractivity contribution in [1.82, 2.24) is 10.2 Å². The Morgan fingerprint density at radius 3 is 2.50 bits per heavy atom. The first-order valence-electron chi connectivity index (χ1n) is 7.20. The van der Waals surface area contributed by atoms with Crippen LogP contribution >= 0.6 is 0 Å². The van der Waals surface area contributed by atoms with Crippen molar-refractivity contribution in [2.45, 2.75) is 25.8 Å². The minimum Gasteiger partial charge on any atom is -0.354 e. The maximum atomic E-state index is 5.92. The zero-order valence-corrected chi connectivity index (χ0v) is 11.8. The molecule has 2 N–H and O–H groups in total. The fourth-order valence-electron chi connectivity index (χ4n) is 2.55. The summed E-state index contributed by atoms with van der Waals surface area (Å²) in [4.78, 5) is 2.20. The maximum Gasteiger partial charge on any atom is 0.151 e. The number of aromatic nitrogens is 2. The Hall–Kier alpha value is -1.94. The van der Waals surface area contributed by atoms with Crippen LogP contribution < -0.4 is 10.6 Å². The zero-order chi connectivity index (χ0) is 13.9. The van der Waals surface area contributed by atoms with Crippen LogP contribution in [0, 0.1) is 0 Å². The Morgan fingerprint density at radius 2 is 1.95 bits per heavy atom. The first-order chi connectivity index (χ1) is 9.76. The molecule has 1 fully saturated rings. The van der Waals surface area contributed by atoms with E-state index in [9.17, 15) is 0 Å². The number of nitrogens with zero attached hydrogens (tertiary/aromatic N) is 3. The van der Waals surface area contributed by atoms with Gasteiger partial charge in [0.05, 0.1) is 5.69 Å². The molecule has 3 rings (SSSR count). The molecule has 0 saturated carbocycles. The highest BCUT2D eigenvalue weighted by Crippen LogP contribution is 2.21. The molecule has 0 bridgehead atoms. The quantitative estimate of drug-likeness (QED) is 0.927. The van der Waals surface area contributed by atoms with Crippen LogP contribution in [0.2, 0.25) is 0 Å². The van der Waals surface area contributed by atoms with Gasteiger partial charge in [0.15, 0.2) is 5.82 Å². The van der Waals surface area contributed by atoms with Crippen LogP contribution in [-0.2, 0) is 6.42 Å². The predicted octanol–water partition coefficient (Wildman–Crippen LogP) is 2.24. The lowest BCUT2D eigenvalue weighted by Crippen LogP contribution is -2.27. The Labute approximate surface area is 119 Å². The van der Waals surface area contributed by atoms with Crippen molar-refractivity contribution in [2.24, 2.45) is 5.73 Å². The summed E-state index contributed by atoms with van der Waals surface area (Å²) in [5.74, 6) is 0.923. The molecule has 1 aliphatic heterocycles. The predicted molar refractivity (Wildman–Crippen MR) is 81.7 cm³/mol. The molecule has 1 aliphatic rings. The monoisotopic (exact) mass is 268 g/mol. The summed E-state index contributed by atoms with van der Waals surface area (Å²) in [6, 6.07) is 12.8. The molecule has 1 saturated heterocycles. The van der Waals surface area contributed by atoms with Crippen molar-refractivity contribution in [3.05, 3.63) is 42.0 Å². The fraction of sp³-hybridized carbons (Fsp3) is 0.375. The summed E-state index contributed by atoms with van der Waals surface area (Å²) in [6.45, 7) is 4.00. The number of hydrogen-bond acceptors (Lipinski definition) is 4. The van der Waals surface area contributed by atoms with Crippen LogP contribution in [0.15, 0.2) is 36.4 Å². The van der Waals surface area contributed by atoms with Gasteiger partial charge in [0.25, 0.3) is 0 Å². The van der Waals surface area contributed by atoms with Gasteiger partial charge in [-0.05, 0) is 30.5 Å². The van der Waals surface area contributed by atoms with Gasteiger partial charge in [0.1, 0.15) is 0 Å². The minimum absolute atomic E-state index is 0.262. The van der Waals surface area contributed by atoms with Crippen molar-refractivity contribution in [3.8, 4) is 11.3 Å². The molecule has 4 heteroatoms. The van der Waals surface area contributed by atoms with Crippen LogP contribution in [0.1, 0.15) is 18.9 Å². The second kappa shape index (κ2) is 5.59. The molecule has 4 nitrogen and oxygen atoms in total. The van der Waals surface area contributed by atoms with E-state index < -0.39 is 0 Å². The molecule has 104 valence electrons. The van der Waals surface area contributed by atoms with E-state index >= 15 is 0 Å². The minimum atomic E-state index is 0.262. The van der Waals surface area contributed by atoms with E-state index in [2.05, 4.69) is 46.3 Å². The van der Waals surface area contributed by atoms with Gasteiger partial charge in [-0.3, -0.25) is 0 Å². The second-order valence-electron chi connectivity index (χ2n) is 5.32. The molecule has 1 aromatic heterocycles. The average molecular weight is 268 g/mol. The van der Waals surface area contributed by atoms with Gasteiger partial charge in [-0.15, -0.1) is 10.2 Å². The molecule has 1 aromatic carbocycles. The van der Waals surface area contributed by atoms with Crippen molar-refractivity contribution >= 4 is 5.82 Å². The summed E-state index contributed by atoms with van der Waals surface area (Å²) in [5, 5.41) is 8.68. The molecule has 1 atom stereocenters. The number of benzene rings is 1. The lowest BCUT2D eigenvalue weighted by molar-refractivity contribution is 0.750. The summed E-state index contributed by atoms with van der Waals surface area (Å²) < 4.78 is 0. The fourth-order valence-corrected chi connectivity index (χ4v) is 2.55. The molecule has 1 unspecified atom stereocenters. The Bertz CT molecular complexity index is 562. The summed E-state index contributed by atoms with van der Waals surface area (Å²) >= 11 is 0. The van der Waals surface area contributed by atoms with Crippen molar-refractivity contribution in [2.75, 3.05) is 18.0 Å². The van der Waals surface area contributed by atoms with Gasteiger partial charge in [0, 0.05) is 24.7 Å². The summed E-state index contributed by atoms with van der Waals surface area (Å²) in [6.07, 6.45) is 2.09. The molecule has 0 spiro atoms. The van der Waals surface area contributed by atoms with Crippen molar-refractivity contribution in [3.63, 3.8) is 0 Å². The van der Waals surface area contributed by atoms with E-state index in [0.717, 1.165) is 43.0 Å². The van der Waals surface area contributed by atoms with Crippen LogP contribution in [0.5, 0.6) is 0 Å². The molecule has 0 radical (unpaired) electrons. The normalized spacial score (nSPS) is 18.5. The number of anilines is 1. The lowest BCUT2D eigenvalue weighted by Gasteiger charge is -2.15. The van der Waals surface area contributed by atoms with Crippen LogP contribution in [-0.4, -0.2) is 29.3 Å². The molecule has 0 amide bonds. The number of aryl methyl sites for hydroxylation is 1.